The highest BCUT2D eigenvalue weighted by molar-refractivity contribution is 5.27. The molecule has 2 heteroatoms. The second-order valence-corrected chi connectivity index (χ2v) is 3.58. The Labute approximate surface area is 78.2 Å². The summed E-state index contributed by atoms with van der Waals surface area (Å²) in [4.78, 5) is 0. The lowest BCUT2D eigenvalue weighted by molar-refractivity contribution is 0.00840. The van der Waals surface area contributed by atoms with Crippen molar-refractivity contribution in [2.24, 2.45) is 0 Å². The molecule has 13 heavy (non-hydrogen) atoms. The Hall–Kier alpha value is -0.860. The topological polar surface area (TPSA) is 29.5 Å². The van der Waals surface area contributed by atoms with Gasteiger partial charge in [-0.15, -0.1) is 0 Å². The molecule has 2 nitrogen and oxygen atoms in total. The van der Waals surface area contributed by atoms with Gasteiger partial charge in [-0.05, 0) is 18.1 Å². The SMILES string of the molecule is C[C@H](O)c1ccc(C2COC2)cc1. The van der Waals surface area contributed by atoms with Crippen molar-refractivity contribution in [1.29, 1.82) is 0 Å². The van der Waals surface area contributed by atoms with Crippen molar-refractivity contribution in [2.75, 3.05) is 13.2 Å². The van der Waals surface area contributed by atoms with Crippen molar-refractivity contribution >= 4 is 0 Å². The summed E-state index contributed by atoms with van der Waals surface area (Å²) in [5, 5.41) is 9.30. The Morgan fingerprint density at radius 3 is 2.31 bits per heavy atom. The number of benzene rings is 1. The summed E-state index contributed by atoms with van der Waals surface area (Å²) in [6, 6.07) is 8.13. The Kier molecular flexibility index (Phi) is 2.34. The van der Waals surface area contributed by atoms with Gasteiger partial charge in [-0.25, -0.2) is 0 Å². The van der Waals surface area contributed by atoms with Gasteiger partial charge in [0.2, 0.25) is 0 Å². The molecule has 0 amide bonds. The second kappa shape index (κ2) is 3.48. The van der Waals surface area contributed by atoms with Gasteiger partial charge < -0.3 is 9.84 Å². The number of ether oxygens (including phenoxy) is 1. The van der Waals surface area contributed by atoms with E-state index in [1.807, 2.05) is 12.1 Å². The first-order valence-corrected chi connectivity index (χ1v) is 4.63. The minimum Gasteiger partial charge on any atom is -0.389 e. The molecule has 70 valence electrons. The molecule has 0 unspecified atom stereocenters. The van der Waals surface area contributed by atoms with Crippen LogP contribution in [0.3, 0.4) is 0 Å². The summed E-state index contributed by atoms with van der Waals surface area (Å²) in [5.74, 6) is 0.572. The molecule has 1 aromatic rings. The highest BCUT2D eigenvalue weighted by atomic mass is 16.5. The molecular formula is C11H14O2. The minimum atomic E-state index is -0.369. The van der Waals surface area contributed by atoms with E-state index >= 15 is 0 Å². The molecule has 0 saturated carbocycles. The van der Waals surface area contributed by atoms with Crippen molar-refractivity contribution in [3.8, 4) is 0 Å². The van der Waals surface area contributed by atoms with Crippen LogP contribution in [0.4, 0.5) is 0 Å². The fourth-order valence-electron chi connectivity index (χ4n) is 1.47. The van der Waals surface area contributed by atoms with Gasteiger partial charge in [0.1, 0.15) is 0 Å². The Bertz CT molecular complexity index is 273. The molecule has 0 bridgehead atoms. The first-order chi connectivity index (χ1) is 6.27. The highest BCUT2D eigenvalue weighted by Crippen LogP contribution is 2.25. The zero-order chi connectivity index (χ0) is 9.26. The van der Waals surface area contributed by atoms with E-state index in [4.69, 9.17) is 4.74 Å². The van der Waals surface area contributed by atoms with Crippen LogP contribution in [-0.2, 0) is 4.74 Å². The third kappa shape index (κ3) is 1.74. The van der Waals surface area contributed by atoms with Crippen LogP contribution in [0.2, 0.25) is 0 Å². The van der Waals surface area contributed by atoms with Crippen LogP contribution in [0.15, 0.2) is 24.3 Å². The van der Waals surface area contributed by atoms with E-state index in [0.717, 1.165) is 18.8 Å². The number of hydrogen-bond donors (Lipinski definition) is 1. The summed E-state index contributed by atoms with van der Waals surface area (Å²) in [6.45, 7) is 3.46. The molecule has 0 spiro atoms. The van der Waals surface area contributed by atoms with Crippen molar-refractivity contribution in [3.63, 3.8) is 0 Å². The van der Waals surface area contributed by atoms with Crippen LogP contribution in [0.25, 0.3) is 0 Å². The second-order valence-electron chi connectivity index (χ2n) is 3.58. The fourth-order valence-corrected chi connectivity index (χ4v) is 1.47. The van der Waals surface area contributed by atoms with E-state index in [1.165, 1.54) is 5.56 Å². The summed E-state index contributed by atoms with van der Waals surface area (Å²) in [6.07, 6.45) is -0.369. The first-order valence-electron chi connectivity index (χ1n) is 4.63. The smallest absolute Gasteiger partial charge is 0.0761 e. The molecule has 1 heterocycles. The predicted octanol–water partition coefficient (Wildman–Crippen LogP) is 1.85. The Morgan fingerprint density at radius 2 is 1.92 bits per heavy atom. The molecule has 0 aliphatic carbocycles. The predicted molar refractivity (Wildman–Crippen MR) is 50.6 cm³/mol. The van der Waals surface area contributed by atoms with Crippen molar-refractivity contribution in [3.05, 3.63) is 35.4 Å². The average molecular weight is 178 g/mol. The summed E-state index contributed by atoms with van der Waals surface area (Å²) in [7, 11) is 0. The van der Waals surface area contributed by atoms with E-state index in [1.54, 1.807) is 6.92 Å². The van der Waals surface area contributed by atoms with Gasteiger partial charge in [0.05, 0.1) is 19.3 Å². The van der Waals surface area contributed by atoms with Gasteiger partial charge in [0.25, 0.3) is 0 Å². The van der Waals surface area contributed by atoms with Crippen LogP contribution < -0.4 is 0 Å². The summed E-state index contributed by atoms with van der Waals surface area (Å²) >= 11 is 0. The molecule has 0 aromatic heterocycles. The van der Waals surface area contributed by atoms with Gasteiger partial charge in [0.15, 0.2) is 0 Å². The number of rotatable bonds is 2. The number of aliphatic hydroxyl groups is 1. The lowest BCUT2D eigenvalue weighted by Crippen LogP contribution is -2.24. The van der Waals surface area contributed by atoms with Crippen LogP contribution in [0.1, 0.15) is 30.1 Å². The summed E-state index contributed by atoms with van der Waals surface area (Å²) < 4.78 is 5.12. The lowest BCUT2D eigenvalue weighted by atomic mass is 9.96. The molecule has 1 saturated heterocycles. The Morgan fingerprint density at radius 1 is 1.31 bits per heavy atom. The third-order valence-electron chi connectivity index (χ3n) is 2.53. The minimum absolute atomic E-state index is 0.369. The van der Waals surface area contributed by atoms with Gasteiger partial charge in [-0.1, -0.05) is 24.3 Å². The maximum absolute atomic E-state index is 9.30. The average Bonchev–Trinajstić information content (AvgIpc) is 2.02. The molecular weight excluding hydrogens is 164 g/mol. The molecule has 1 N–H and O–H groups in total. The molecule has 1 fully saturated rings. The van der Waals surface area contributed by atoms with Gasteiger partial charge in [-0.3, -0.25) is 0 Å². The highest BCUT2D eigenvalue weighted by Gasteiger charge is 2.20. The largest absolute Gasteiger partial charge is 0.389 e. The maximum atomic E-state index is 9.30. The van der Waals surface area contributed by atoms with E-state index in [9.17, 15) is 5.11 Å². The van der Waals surface area contributed by atoms with E-state index in [-0.39, 0.29) is 6.10 Å². The normalized spacial score (nSPS) is 19.5. The lowest BCUT2D eigenvalue weighted by Gasteiger charge is -2.26. The first kappa shape index (κ1) is 8.73. The molecule has 1 aliphatic rings. The third-order valence-corrected chi connectivity index (χ3v) is 2.53. The standard InChI is InChI=1S/C11H14O2/c1-8(12)9-2-4-10(5-3-9)11-6-13-7-11/h2-5,8,11-12H,6-7H2,1H3/t8-/m0/s1. The van der Waals surface area contributed by atoms with E-state index in [0.29, 0.717) is 5.92 Å². The van der Waals surface area contributed by atoms with Crippen LogP contribution in [-0.4, -0.2) is 18.3 Å². The molecule has 1 atom stereocenters. The van der Waals surface area contributed by atoms with Crippen LogP contribution in [0.5, 0.6) is 0 Å². The zero-order valence-electron chi connectivity index (χ0n) is 7.73. The van der Waals surface area contributed by atoms with Gasteiger partial charge in [0, 0.05) is 5.92 Å². The van der Waals surface area contributed by atoms with Crippen LogP contribution in [0, 0.1) is 0 Å². The van der Waals surface area contributed by atoms with Crippen molar-refractivity contribution < 1.29 is 9.84 Å². The van der Waals surface area contributed by atoms with E-state index in [2.05, 4.69) is 12.1 Å². The summed E-state index contributed by atoms with van der Waals surface area (Å²) in [5.41, 5.74) is 2.29. The molecule has 1 aliphatic heterocycles. The van der Waals surface area contributed by atoms with Gasteiger partial charge in [-0.2, -0.15) is 0 Å². The monoisotopic (exact) mass is 178 g/mol. The van der Waals surface area contributed by atoms with E-state index < -0.39 is 0 Å². The molecule has 1 aromatic carbocycles. The fraction of sp³-hybridized carbons (Fsp3) is 0.455. The Balaban J connectivity index is 2.13. The maximum Gasteiger partial charge on any atom is 0.0761 e. The quantitative estimate of drug-likeness (QED) is 0.749. The van der Waals surface area contributed by atoms with Crippen molar-refractivity contribution in [2.45, 2.75) is 18.9 Å². The molecule has 0 radical (unpaired) electrons. The van der Waals surface area contributed by atoms with Crippen LogP contribution >= 0.6 is 0 Å². The van der Waals surface area contributed by atoms with Gasteiger partial charge >= 0.3 is 0 Å². The number of aliphatic hydroxyl groups excluding tert-OH is 1. The zero-order valence-corrected chi connectivity index (χ0v) is 7.73. The van der Waals surface area contributed by atoms with Crippen molar-refractivity contribution in [1.82, 2.24) is 0 Å². The number of hydrogen-bond acceptors (Lipinski definition) is 2. The molecule has 2 rings (SSSR count).